The van der Waals surface area contributed by atoms with Crippen LogP contribution in [0.2, 0.25) is 0 Å². The van der Waals surface area contributed by atoms with Crippen molar-refractivity contribution in [2.45, 2.75) is 32.1 Å². The smallest absolute Gasteiger partial charge is 0.335 e. The molecule has 1 aromatic carbocycles. The number of aromatic carboxylic acids is 1. The van der Waals surface area contributed by atoms with Crippen molar-refractivity contribution in [2.75, 3.05) is 6.54 Å². The van der Waals surface area contributed by atoms with E-state index in [2.05, 4.69) is 6.07 Å². The van der Waals surface area contributed by atoms with Crippen molar-refractivity contribution in [1.82, 2.24) is 0 Å². The highest BCUT2D eigenvalue weighted by molar-refractivity contribution is 5.90. The predicted octanol–water partition coefficient (Wildman–Crippen LogP) is 1.99. The van der Waals surface area contributed by atoms with Gasteiger partial charge in [0.1, 0.15) is 0 Å². The summed E-state index contributed by atoms with van der Waals surface area (Å²) in [5.74, 6) is -0.852. The van der Waals surface area contributed by atoms with Crippen LogP contribution in [0, 0.1) is 13.8 Å². The molecule has 0 heterocycles. The van der Waals surface area contributed by atoms with Gasteiger partial charge in [0, 0.05) is 12.0 Å². The molecule has 0 aromatic heterocycles. The molecular weight excluding hydrogens is 202 g/mol. The summed E-state index contributed by atoms with van der Waals surface area (Å²) in [4.78, 5) is 11.1. The standard InChI is InChI=1S/C13H17NO2/c1-8-5-10(13(7-14)3-4-13)6-11(9(8)2)12(15)16/h5-6H,3-4,7,14H2,1-2H3,(H,15,16). The first kappa shape index (κ1) is 11.1. The maximum atomic E-state index is 11.1. The second-order valence-electron chi connectivity index (χ2n) is 4.76. The summed E-state index contributed by atoms with van der Waals surface area (Å²) in [6.07, 6.45) is 2.15. The molecule has 3 N–H and O–H groups in total. The average Bonchev–Trinajstić information content (AvgIpc) is 3.02. The number of benzene rings is 1. The molecule has 2 rings (SSSR count). The fourth-order valence-electron chi connectivity index (χ4n) is 2.15. The Kier molecular flexibility index (Phi) is 2.50. The van der Waals surface area contributed by atoms with Crippen molar-refractivity contribution in [3.05, 3.63) is 34.4 Å². The first-order valence-electron chi connectivity index (χ1n) is 5.55. The third-order valence-electron chi connectivity index (χ3n) is 3.75. The fourth-order valence-corrected chi connectivity index (χ4v) is 2.15. The Bertz CT molecular complexity index is 447. The number of nitrogens with two attached hydrogens (primary N) is 1. The van der Waals surface area contributed by atoms with Gasteiger partial charge in [-0.25, -0.2) is 4.79 Å². The van der Waals surface area contributed by atoms with Gasteiger partial charge in [-0.15, -0.1) is 0 Å². The Morgan fingerprint density at radius 2 is 2.06 bits per heavy atom. The van der Waals surface area contributed by atoms with Gasteiger partial charge in [-0.2, -0.15) is 0 Å². The van der Waals surface area contributed by atoms with Crippen LogP contribution in [0.15, 0.2) is 12.1 Å². The van der Waals surface area contributed by atoms with Gasteiger partial charge >= 0.3 is 5.97 Å². The van der Waals surface area contributed by atoms with E-state index in [-0.39, 0.29) is 5.41 Å². The summed E-state index contributed by atoms with van der Waals surface area (Å²) in [6.45, 7) is 4.41. The summed E-state index contributed by atoms with van der Waals surface area (Å²) < 4.78 is 0. The van der Waals surface area contributed by atoms with Crippen LogP contribution in [-0.2, 0) is 5.41 Å². The summed E-state index contributed by atoms with van der Waals surface area (Å²) in [7, 11) is 0. The van der Waals surface area contributed by atoms with Crippen LogP contribution in [0.4, 0.5) is 0 Å². The van der Waals surface area contributed by atoms with Crippen LogP contribution in [0.3, 0.4) is 0 Å². The highest BCUT2D eigenvalue weighted by atomic mass is 16.4. The number of hydrogen-bond donors (Lipinski definition) is 2. The Morgan fingerprint density at radius 3 is 2.50 bits per heavy atom. The lowest BCUT2D eigenvalue weighted by molar-refractivity contribution is 0.0696. The minimum Gasteiger partial charge on any atom is -0.478 e. The first-order chi connectivity index (χ1) is 7.50. The highest BCUT2D eigenvalue weighted by Gasteiger charge is 2.43. The van der Waals surface area contributed by atoms with Crippen LogP contribution >= 0.6 is 0 Å². The van der Waals surface area contributed by atoms with Gasteiger partial charge in [0.2, 0.25) is 0 Å². The molecule has 3 heteroatoms. The second-order valence-corrected chi connectivity index (χ2v) is 4.76. The monoisotopic (exact) mass is 219 g/mol. The van der Waals surface area contributed by atoms with Gasteiger partial charge < -0.3 is 10.8 Å². The topological polar surface area (TPSA) is 63.3 Å². The van der Waals surface area contributed by atoms with E-state index in [1.807, 2.05) is 13.8 Å². The molecule has 1 aliphatic rings. The Morgan fingerprint density at radius 1 is 1.44 bits per heavy atom. The molecule has 0 saturated heterocycles. The maximum absolute atomic E-state index is 11.1. The van der Waals surface area contributed by atoms with E-state index >= 15 is 0 Å². The molecule has 0 atom stereocenters. The minimum absolute atomic E-state index is 0.0582. The summed E-state index contributed by atoms with van der Waals surface area (Å²) in [5, 5.41) is 9.14. The number of hydrogen-bond acceptors (Lipinski definition) is 2. The summed E-state index contributed by atoms with van der Waals surface area (Å²) >= 11 is 0. The molecule has 1 fully saturated rings. The molecule has 1 aromatic rings. The zero-order chi connectivity index (χ0) is 11.9. The minimum atomic E-state index is -0.852. The van der Waals surface area contributed by atoms with Gasteiger partial charge in [0.15, 0.2) is 0 Å². The van der Waals surface area contributed by atoms with E-state index in [9.17, 15) is 4.79 Å². The lowest BCUT2D eigenvalue weighted by atomic mass is 9.90. The lowest BCUT2D eigenvalue weighted by Gasteiger charge is -2.16. The predicted molar refractivity (Wildman–Crippen MR) is 62.8 cm³/mol. The SMILES string of the molecule is Cc1cc(C2(CN)CC2)cc(C(=O)O)c1C. The van der Waals surface area contributed by atoms with Gasteiger partial charge in [-0.1, -0.05) is 6.07 Å². The van der Waals surface area contributed by atoms with Crippen LogP contribution in [0.25, 0.3) is 0 Å². The van der Waals surface area contributed by atoms with Crippen LogP contribution < -0.4 is 5.73 Å². The van der Waals surface area contributed by atoms with Crippen molar-refractivity contribution in [2.24, 2.45) is 5.73 Å². The van der Waals surface area contributed by atoms with Gasteiger partial charge in [0.25, 0.3) is 0 Å². The van der Waals surface area contributed by atoms with E-state index in [0.29, 0.717) is 12.1 Å². The number of carboxylic acids is 1. The molecule has 0 spiro atoms. The third-order valence-corrected chi connectivity index (χ3v) is 3.75. The molecule has 0 unspecified atom stereocenters. The largest absolute Gasteiger partial charge is 0.478 e. The van der Waals surface area contributed by atoms with E-state index in [1.54, 1.807) is 6.07 Å². The van der Waals surface area contributed by atoms with Crippen LogP contribution in [0.1, 0.15) is 39.9 Å². The van der Waals surface area contributed by atoms with Gasteiger partial charge in [-0.3, -0.25) is 0 Å². The van der Waals surface area contributed by atoms with Gasteiger partial charge in [-0.05, 0) is 49.4 Å². The lowest BCUT2D eigenvalue weighted by Crippen LogP contribution is -2.20. The first-order valence-corrected chi connectivity index (χ1v) is 5.55. The quantitative estimate of drug-likeness (QED) is 0.817. The molecule has 16 heavy (non-hydrogen) atoms. The summed E-state index contributed by atoms with van der Waals surface area (Å²) in [6, 6.07) is 3.88. The molecule has 3 nitrogen and oxygen atoms in total. The number of rotatable bonds is 3. The normalized spacial score (nSPS) is 17.2. The van der Waals surface area contributed by atoms with Gasteiger partial charge in [0.05, 0.1) is 5.56 Å². The molecule has 0 radical (unpaired) electrons. The summed E-state index contributed by atoms with van der Waals surface area (Å²) in [5.41, 5.74) is 9.22. The van der Waals surface area contributed by atoms with E-state index in [0.717, 1.165) is 29.5 Å². The Balaban J connectivity index is 2.53. The van der Waals surface area contributed by atoms with Crippen molar-refractivity contribution in [3.8, 4) is 0 Å². The van der Waals surface area contributed by atoms with E-state index < -0.39 is 5.97 Å². The molecule has 1 aliphatic carbocycles. The zero-order valence-corrected chi connectivity index (χ0v) is 9.71. The second kappa shape index (κ2) is 3.59. The third kappa shape index (κ3) is 1.61. The maximum Gasteiger partial charge on any atom is 0.335 e. The van der Waals surface area contributed by atoms with Crippen molar-refractivity contribution in [3.63, 3.8) is 0 Å². The van der Waals surface area contributed by atoms with E-state index in [4.69, 9.17) is 10.8 Å². The van der Waals surface area contributed by atoms with E-state index in [1.165, 1.54) is 0 Å². The number of aryl methyl sites for hydroxylation is 1. The van der Waals surface area contributed by atoms with Crippen LogP contribution in [0.5, 0.6) is 0 Å². The molecule has 0 bridgehead atoms. The van der Waals surface area contributed by atoms with Crippen molar-refractivity contribution < 1.29 is 9.90 Å². The highest BCUT2D eigenvalue weighted by Crippen LogP contribution is 2.47. The molecular formula is C13H17NO2. The van der Waals surface area contributed by atoms with Crippen molar-refractivity contribution >= 4 is 5.97 Å². The number of carboxylic acid groups (broad SMARTS) is 1. The molecule has 0 amide bonds. The molecule has 86 valence electrons. The molecule has 0 aliphatic heterocycles. The van der Waals surface area contributed by atoms with Crippen molar-refractivity contribution in [1.29, 1.82) is 0 Å². The average molecular weight is 219 g/mol. The Labute approximate surface area is 95.3 Å². The zero-order valence-electron chi connectivity index (χ0n) is 9.71. The van der Waals surface area contributed by atoms with Crippen LogP contribution in [-0.4, -0.2) is 17.6 Å². The Hall–Kier alpha value is -1.35. The number of carbonyl (C=O) groups is 1. The molecule has 1 saturated carbocycles. The fraction of sp³-hybridized carbons (Fsp3) is 0.462.